The Labute approximate surface area is 98.7 Å². The number of benzene rings is 1. The van der Waals surface area contributed by atoms with E-state index in [0.29, 0.717) is 10.4 Å². The monoisotopic (exact) mass is 237 g/mol. The highest BCUT2D eigenvalue weighted by Gasteiger charge is 2.03. The minimum atomic E-state index is 0.568. The summed E-state index contributed by atoms with van der Waals surface area (Å²) >= 11 is 7.26. The van der Waals surface area contributed by atoms with Crippen molar-refractivity contribution in [3.63, 3.8) is 0 Å². The van der Waals surface area contributed by atoms with Crippen LogP contribution in [-0.4, -0.2) is 4.98 Å². The number of thiazole rings is 1. The van der Waals surface area contributed by atoms with E-state index in [4.69, 9.17) is 11.6 Å². The van der Waals surface area contributed by atoms with Gasteiger partial charge in [0.05, 0.1) is 5.69 Å². The first kappa shape index (κ1) is 10.7. The third-order valence-corrected chi connectivity index (χ3v) is 3.33. The van der Waals surface area contributed by atoms with Gasteiger partial charge < -0.3 is 0 Å². The van der Waals surface area contributed by atoms with Crippen molar-refractivity contribution in [2.24, 2.45) is 0 Å². The molecule has 0 N–H and O–H groups in total. The molecule has 0 saturated heterocycles. The molecule has 1 aromatic heterocycles. The summed E-state index contributed by atoms with van der Waals surface area (Å²) in [6.07, 6.45) is 0. The zero-order valence-electron chi connectivity index (χ0n) is 8.70. The third kappa shape index (κ3) is 2.39. The van der Waals surface area contributed by atoms with Gasteiger partial charge in [-0.1, -0.05) is 49.7 Å². The maximum atomic E-state index is 5.80. The Morgan fingerprint density at radius 3 is 2.33 bits per heavy atom. The third-order valence-electron chi connectivity index (χ3n) is 2.35. The van der Waals surface area contributed by atoms with Gasteiger partial charge in [0.15, 0.2) is 4.47 Å². The van der Waals surface area contributed by atoms with Crippen molar-refractivity contribution in [1.29, 1.82) is 0 Å². The van der Waals surface area contributed by atoms with E-state index in [1.165, 1.54) is 16.9 Å². The lowest BCUT2D eigenvalue weighted by atomic mass is 10.0. The number of hydrogen-bond donors (Lipinski definition) is 0. The van der Waals surface area contributed by atoms with Crippen molar-refractivity contribution in [3.05, 3.63) is 39.7 Å². The topological polar surface area (TPSA) is 12.9 Å². The predicted molar refractivity (Wildman–Crippen MR) is 66.6 cm³/mol. The van der Waals surface area contributed by atoms with Crippen molar-refractivity contribution >= 4 is 22.9 Å². The predicted octanol–water partition coefficient (Wildman–Crippen LogP) is 4.59. The lowest BCUT2D eigenvalue weighted by Gasteiger charge is -2.05. The molecule has 0 amide bonds. The second kappa shape index (κ2) is 4.33. The van der Waals surface area contributed by atoms with Gasteiger partial charge in [-0.25, -0.2) is 4.98 Å². The van der Waals surface area contributed by atoms with E-state index in [-0.39, 0.29) is 0 Å². The molecule has 78 valence electrons. The zero-order valence-corrected chi connectivity index (χ0v) is 10.3. The fraction of sp³-hybridized carbons (Fsp3) is 0.250. The summed E-state index contributed by atoms with van der Waals surface area (Å²) in [5.74, 6) is 0.568. The summed E-state index contributed by atoms with van der Waals surface area (Å²) in [6.45, 7) is 4.38. The minimum absolute atomic E-state index is 0.568. The summed E-state index contributed by atoms with van der Waals surface area (Å²) in [6, 6.07) is 8.49. The van der Waals surface area contributed by atoms with Crippen LogP contribution >= 0.6 is 22.9 Å². The fourth-order valence-electron chi connectivity index (χ4n) is 1.42. The molecular formula is C12H12ClNS. The molecule has 0 radical (unpaired) electrons. The molecule has 0 fully saturated rings. The average molecular weight is 238 g/mol. The van der Waals surface area contributed by atoms with Gasteiger partial charge in [0.2, 0.25) is 0 Å². The summed E-state index contributed by atoms with van der Waals surface area (Å²) in [5, 5.41) is 1.98. The molecule has 15 heavy (non-hydrogen) atoms. The minimum Gasteiger partial charge on any atom is -0.225 e. The van der Waals surface area contributed by atoms with E-state index in [1.54, 1.807) is 0 Å². The first-order valence-electron chi connectivity index (χ1n) is 4.88. The van der Waals surface area contributed by atoms with E-state index >= 15 is 0 Å². The van der Waals surface area contributed by atoms with Gasteiger partial charge in [-0.2, -0.15) is 0 Å². The maximum Gasteiger partial charge on any atom is 0.184 e. The molecule has 1 heterocycles. The molecule has 2 aromatic rings. The van der Waals surface area contributed by atoms with E-state index in [0.717, 1.165) is 11.3 Å². The second-order valence-electron chi connectivity index (χ2n) is 3.76. The summed E-state index contributed by atoms with van der Waals surface area (Å²) in [7, 11) is 0. The van der Waals surface area contributed by atoms with Crippen LogP contribution in [0.1, 0.15) is 25.3 Å². The van der Waals surface area contributed by atoms with E-state index in [1.807, 2.05) is 5.38 Å². The Bertz CT molecular complexity index is 445. The number of halogens is 1. The van der Waals surface area contributed by atoms with Gasteiger partial charge in [-0.05, 0) is 11.5 Å². The molecule has 0 bridgehead atoms. The smallest absolute Gasteiger partial charge is 0.184 e. The Hall–Kier alpha value is -0.860. The second-order valence-corrected chi connectivity index (χ2v) is 5.20. The van der Waals surface area contributed by atoms with Crippen LogP contribution in [0.2, 0.25) is 4.47 Å². The van der Waals surface area contributed by atoms with Gasteiger partial charge in [0, 0.05) is 10.9 Å². The zero-order chi connectivity index (χ0) is 10.8. The Balaban J connectivity index is 2.31. The van der Waals surface area contributed by atoms with Gasteiger partial charge in [0.25, 0.3) is 0 Å². The lowest BCUT2D eigenvalue weighted by molar-refractivity contribution is 0.867. The van der Waals surface area contributed by atoms with Crippen LogP contribution in [-0.2, 0) is 0 Å². The molecule has 1 aromatic carbocycles. The SMILES string of the molecule is CC(C)c1ccc(-c2csc(Cl)n2)cc1. The van der Waals surface area contributed by atoms with Gasteiger partial charge >= 0.3 is 0 Å². The number of aromatic nitrogens is 1. The molecule has 0 aliphatic rings. The van der Waals surface area contributed by atoms with Gasteiger partial charge in [0.1, 0.15) is 0 Å². The number of rotatable bonds is 2. The van der Waals surface area contributed by atoms with E-state index in [9.17, 15) is 0 Å². The van der Waals surface area contributed by atoms with Crippen LogP contribution in [0.15, 0.2) is 29.6 Å². The van der Waals surface area contributed by atoms with Crippen LogP contribution in [0.4, 0.5) is 0 Å². The highest BCUT2D eigenvalue weighted by atomic mass is 35.5. The number of nitrogens with zero attached hydrogens (tertiary/aromatic N) is 1. The molecule has 0 aliphatic carbocycles. The standard InChI is InChI=1S/C12H12ClNS/c1-8(2)9-3-5-10(6-4-9)11-7-15-12(13)14-11/h3-8H,1-2H3. The van der Waals surface area contributed by atoms with Gasteiger partial charge in [-0.15, -0.1) is 11.3 Å². The van der Waals surface area contributed by atoms with Gasteiger partial charge in [-0.3, -0.25) is 0 Å². The van der Waals surface area contributed by atoms with E-state index < -0.39 is 0 Å². The Morgan fingerprint density at radius 1 is 1.20 bits per heavy atom. The quantitative estimate of drug-likeness (QED) is 0.745. The molecule has 0 saturated carbocycles. The molecular weight excluding hydrogens is 226 g/mol. The Morgan fingerprint density at radius 2 is 1.87 bits per heavy atom. The molecule has 0 unspecified atom stereocenters. The van der Waals surface area contributed by atoms with Crippen LogP contribution in [0.3, 0.4) is 0 Å². The summed E-state index contributed by atoms with van der Waals surface area (Å²) < 4.78 is 0.595. The fourth-order valence-corrected chi connectivity index (χ4v) is 2.20. The number of hydrogen-bond acceptors (Lipinski definition) is 2. The molecule has 2 rings (SSSR count). The molecule has 0 spiro atoms. The van der Waals surface area contributed by atoms with Crippen LogP contribution in [0.25, 0.3) is 11.3 Å². The Kier molecular flexibility index (Phi) is 3.08. The van der Waals surface area contributed by atoms with E-state index in [2.05, 4.69) is 43.1 Å². The summed E-state index contributed by atoms with van der Waals surface area (Å²) in [4.78, 5) is 4.24. The van der Waals surface area contributed by atoms with Crippen molar-refractivity contribution in [2.75, 3.05) is 0 Å². The van der Waals surface area contributed by atoms with Crippen molar-refractivity contribution < 1.29 is 0 Å². The molecule has 3 heteroatoms. The van der Waals surface area contributed by atoms with Crippen molar-refractivity contribution in [1.82, 2.24) is 4.98 Å². The highest BCUT2D eigenvalue weighted by Crippen LogP contribution is 2.26. The van der Waals surface area contributed by atoms with Crippen LogP contribution in [0.5, 0.6) is 0 Å². The van der Waals surface area contributed by atoms with Crippen molar-refractivity contribution in [2.45, 2.75) is 19.8 Å². The largest absolute Gasteiger partial charge is 0.225 e. The first-order chi connectivity index (χ1) is 7.16. The maximum absolute atomic E-state index is 5.80. The summed E-state index contributed by atoms with van der Waals surface area (Å²) in [5.41, 5.74) is 3.43. The molecule has 1 nitrogen and oxygen atoms in total. The lowest BCUT2D eigenvalue weighted by Crippen LogP contribution is -1.86. The first-order valence-corrected chi connectivity index (χ1v) is 6.14. The van der Waals surface area contributed by atoms with Crippen LogP contribution < -0.4 is 0 Å². The average Bonchev–Trinajstić information content (AvgIpc) is 2.65. The normalized spacial score (nSPS) is 10.9. The highest BCUT2D eigenvalue weighted by molar-refractivity contribution is 7.14. The van der Waals surface area contributed by atoms with Crippen LogP contribution in [0, 0.1) is 0 Å². The van der Waals surface area contributed by atoms with Crippen molar-refractivity contribution in [3.8, 4) is 11.3 Å². The molecule has 0 aliphatic heterocycles. The molecule has 0 atom stereocenters.